The highest BCUT2D eigenvalue weighted by Gasteiger charge is 2.10. The Morgan fingerprint density at radius 1 is 1.08 bits per heavy atom. The average Bonchev–Trinajstić information content (AvgIpc) is 2.56. The molecule has 0 saturated heterocycles. The summed E-state index contributed by atoms with van der Waals surface area (Å²) >= 11 is 5.23. The predicted octanol–water partition coefficient (Wildman–Crippen LogP) is 5.61. The van der Waals surface area contributed by atoms with Gasteiger partial charge < -0.3 is 15.4 Å². The molecule has 0 aliphatic heterocycles. The first kappa shape index (κ1) is 18.1. The van der Waals surface area contributed by atoms with Gasteiger partial charge in [0.15, 0.2) is 5.11 Å². The summed E-state index contributed by atoms with van der Waals surface area (Å²) in [4.78, 5) is 0. The molecule has 0 aromatic heterocycles. The first-order chi connectivity index (χ1) is 11.5. The van der Waals surface area contributed by atoms with Gasteiger partial charge in [0.2, 0.25) is 0 Å². The Bertz CT molecular complexity index is 677. The van der Waals surface area contributed by atoms with E-state index in [1.54, 1.807) is 18.2 Å². The van der Waals surface area contributed by atoms with Crippen molar-refractivity contribution in [3.8, 4) is 5.75 Å². The largest absolute Gasteiger partial charge is 0.433 e. The van der Waals surface area contributed by atoms with Gasteiger partial charge in [-0.15, -0.1) is 0 Å². The molecule has 2 aromatic rings. The Morgan fingerprint density at radius 3 is 2.38 bits per heavy atom. The smallest absolute Gasteiger partial charge is 0.387 e. The maximum Gasteiger partial charge on any atom is 0.387 e. The highest BCUT2D eigenvalue weighted by Crippen LogP contribution is 2.26. The molecule has 1 unspecified atom stereocenters. The van der Waals surface area contributed by atoms with Gasteiger partial charge in [0, 0.05) is 5.69 Å². The first-order valence-corrected chi connectivity index (χ1v) is 8.12. The lowest BCUT2D eigenvalue weighted by Crippen LogP contribution is -2.20. The number of ether oxygens (including phenoxy) is 1. The Hall–Kier alpha value is -2.21. The normalized spacial score (nSPS) is 11.9. The fourth-order valence-electron chi connectivity index (χ4n) is 2.18. The monoisotopic (exact) mass is 350 g/mol. The van der Waals surface area contributed by atoms with E-state index in [9.17, 15) is 8.78 Å². The van der Waals surface area contributed by atoms with Crippen molar-refractivity contribution in [1.82, 2.24) is 0 Å². The molecule has 24 heavy (non-hydrogen) atoms. The van der Waals surface area contributed by atoms with Crippen LogP contribution in [0.3, 0.4) is 0 Å². The summed E-state index contributed by atoms with van der Waals surface area (Å²) in [5.74, 6) is 0.547. The van der Waals surface area contributed by atoms with Crippen LogP contribution in [0.5, 0.6) is 5.75 Å². The van der Waals surface area contributed by atoms with E-state index in [0.717, 1.165) is 12.1 Å². The van der Waals surface area contributed by atoms with Crippen LogP contribution in [-0.4, -0.2) is 11.7 Å². The number of alkyl halides is 2. The molecule has 0 spiro atoms. The maximum absolute atomic E-state index is 12.4. The summed E-state index contributed by atoms with van der Waals surface area (Å²) < 4.78 is 29.3. The minimum Gasteiger partial charge on any atom is -0.433 e. The van der Waals surface area contributed by atoms with Gasteiger partial charge >= 0.3 is 6.61 Å². The molecule has 0 fully saturated rings. The van der Waals surface area contributed by atoms with E-state index in [1.807, 2.05) is 24.3 Å². The van der Waals surface area contributed by atoms with Crippen molar-refractivity contribution in [1.29, 1.82) is 0 Å². The topological polar surface area (TPSA) is 33.3 Å². The molecule has 0 heterocycles. The SMILES string of the molecule is CCC(C)c1ccc(NC(=S)Nc2ccccc2OC(F)F)cc1. The van der Waals surface area contributed by atoms with E-state index >= 15 is 0 Å². The first-order valence-electron chi connectivity index (χ1n) is 7.71. The predicted molar refractivity (Wildman–Crippen MR) is 98.1 cm³/mol. The van der Waals surface area contributed by atoms with Crippen LogP contribution in [0, 0.1) is 0 Å². The van der Waals surface area contributed by atoms with Gasteiger partial charge in [-0.2, -0.15) is 8.78 Å². The standard InChI is InChI=1S/C18H20F2N2OS/c1-3-12(2)13-8-10-14(11-9-13)21-18(24)22-15-6-4-5-7-16(15)23-17(19)20/h4-12,17H,3H2,1-2H3,(H2,21,22,24). The molecule has 3 nitrogen and oxygen atoms in total. The third-order valence-corrected chi connectivity index (χ3v) is 3.91. The number of halogens is 2. The summed E-state index contributed by atoms with van der Waals surface area (Å²) in [5.41, 5.74) is 2.47. The number of thiocarbonyl (C=S) groups is 1. The van der Waals surface area contributed by atoms with Crippen molar-refractivity contribution >= 4 is 28.7 Å². The molecule has 2 rings (SSSR count). The number of hydrogen-bond donors (Lipinski definition) is 2. The van der Waals surface area contributed by atoms with Gasteiger partial charge in [-0.05, 0) is 54.4 Å². The second-order valence-corrected chi connectivity index (χ2v) is 5.79. The van der Waals surface area contributed by atoms with E-state index in [2.05, 4.69) is 29.2 Å². The number of rotatable bonds is 6. The van der Waals surface area contributed by atoms with Crippen LogP contribution < -0.4 is 15.4 Å². The van der Waals surface area contributed by atoms with E-state index < -0.39 is 6.61 Å². The third kappa shape index (κ3) is 5.16. The molecule has 6 heteroatoms. The molecule has 0 radical (unpaired) electrons. The number of anilines is 2. The Morgan fingerprint density at radius 2 is 1.75 bits per heavy atom. The lowest BCUT2D eigenvalue weighted by atomic mass is 9.99. The minimum absolute atomic E-state index is 0.0452. The quantitative estimate of drug-likeness (QED) is 0.663. The summed E-state index contributed by atoms with van der Waals surface area (Å²) in [6, 6.07) is 14.4. The fraction of sp³-hybridized carbons (Fsp3) is 0.278. The number of nitrogens with one attached hydrogen (secondary N) is 2. The van der Waals surface area contributed by atoms with E-state index in [-0.39, 0.29) is 5.75 Å². The van der Waals surface area contributed by atoms with Crippen LogP contribution in [0.2, 0.25) is 0 Å². The lowest BCUT2D eigenvalue weighted by Gasteiger charge is -2.15. The molecule has 1 atom stereocenters. The second-order valence-electron chi connectivity index (χ2n) is 5.39. The van der Waals surface area contributed by atoms with Crippen LogP contribution in [0.1, 0.15) is 31.7 Å². The van der Waals surface area contributed by atoms with Gasteiger partial charge in [-0.1, -0.05) is 38.1 Å². The van der Waals surface area contributed by atoms with Crippen LogP contribution >= 0.6 is 12.2 Å². The van der Waals surface area contributed by atoms with Gasteiger partial charge in [-0.3, -0.25) is 0 Å². The zero-order chi connectivity index (χ0) is 17.5. The zero-order valence-corrected chi connectivity index (χ0v) is 14.4. The number of benzene rings is 2. The van der Waals surface area contributed by atoms with Crippen molar-refractivity contribution in [3.63, 3.8) is 0 Å². The van der Waals surface area contributed by atoms with Crippen molar-refractivity contribution in [3.05, 3.63) is 54.1 Å². The Labute approximate surface area is 146 Å². The van der Waals surface area contributed by atoms with Crippen molar-refractivity contribution < 1.29 is 13.5 Å². The second kappa shape index (κ2) is 8.59. The minimum atomic E-state index is -2.89. The van der Waals surface area contributed by atoms with Gasteiger partial charge in [-0.25, -0.2) is 0 Å². The molecule has 0 aliphatic rings. The molecule has 2 N–H and O–H groups in total. The molecular formula is C18H20F2N2OS. The number of para-hydroxylation sites is 2. The van der Waals surface area contributed by atoms with Crippen LogP contribution in [0.4, 0.5) is 20.2 Å². The lowest BCUT2D eigenvalue weighted by molar-refractivity contribution is -0.0493. The molecule has 0 amide bonds. The van der Waals surface area contributed by atoms with Crippen LogP contribution in [0.25, 0.3) is 0 Å². The molecular weight excluding hydrogens is 330 g/mol. The van der Waals surface area contributed by atoms with E-state index in [4.69, 9.17) is 12.2 Å². The maximum atomic E-state index is 12.4. The molecule has 0 aliphatic carbocycles. The van der Waals surface area contributed by atoms with Crippen molar-refractivity contribution in [2.75, 3.05) is 10.6 Å². The van der Waals surface area contributed by atoms with E-state index in [1.165, 1.54) is 11.6 Å². The van der Waals surface area contributed by atoms with Crippen LogP contribution in [-0.2, 0) is 0 Å². The molecule has 0 saturated carbocycles. The highest BCUT2D eigenvalue weighted by atomic mass is 32.1. The average molecular weight is 350 g/mol. The van der Waals surface area contributed by atoms with E-state index in [0.29, 0.717) is 16.7 Å². The fourth-order valence-corrected chi connectivity index (χ4v) is 2.41. The Kier molecular flexibility index (Phi) is 6.49. The van der Waals surface area contributed by atoms with Crippen LogP contribution in [0.15, 0.2) is 48.5 Å². The van der Waals surface area contributed by atoms with Gasteiger partial charge in [0.25, 0.3) is 0 Å². The highest BCUT2D eigenvalue weighted by molar-refractivity contribution is 7.80. The van der Waals surface area contributed by atoms with Gasteiger partial charge in [0.1, 0.15) is 5.75 Å². The molecule has 128 valence electrons. The molecule has 0 bridgehead atoms. The summed E-state index contributed by atoms with van der Waals surface area (Å²) in [7, 11) is 0. The third-order valence-electron chi connectivity index (χ3n) is 3.70. The zero-order valence-electron chi connectivity index (χ0n) is 13.6. The van der Waals surface area contributed by atoms with Crippen molar-refractivity contribution in [2.45, 2.75) is 32.8 Å². The molecule has 2 aromatic carbocycles. The Balaban J connectivity index is 2.01. The summed E-state index contributed by atoms with van der Waals surface area (Å²) in [5, 5.41) is 6.21. The summed E-state index contributed by atoms with van der Waals surface area (Å²) in [6.45, 7) is 1.44. The number of hydrogen-bond acceptors (Lipinski definition) is 2. The van der Waals surface area contributed by atoms with Gasteiger partial charge in [0.05, 0.1) is 5.69 Å². The summed E-state index contributed by atoms with van der Waals surface area (Å²) in [6.07, 6.45) is 1.08. The van der Waals surface area contributed by atoms with Crippen molar-refractivity contribution in [2.24, 2.45) is 0 Å².